The van der Waals surface area contributed by atoms with Crippen molar-refractivity contribution in [2.24, 2.45) is 16.8 Å². The van der Waals surface area contributed by atoms with Crippen molar-refractivity contribution >= 4 is 22.6 Å². The fraction of sp³-hybridized carbons (Fsp3) is 0.333. The molecule has 2 aromatic rings. The number of aromatic nitrogens is 1. The van der Waals surface area contributed by atoms with Crippen LogP contribution < -0.4 is 10.6 Å². The molecule has 0 fully saturated rings. The van der Waals surface area contributed by atoms with E-state index in [0.29, 0.717) is 6.54 Å². The molecule has 0 aliphatic heterocycles. The molecule has 0 aliphatic rings. The summed E-state index contributed by atoms with van der Waals surface area (Å²) in [6.07, 6.45) is 0. The molecule has 1 atom stereocenters. The van der Waals surface area contributed by atoms with E-state index in [1.807, 2.05) is 44.0 Å². The van der Waals surface area contributed by atoms with Crippen LogP contribution in [0.25, 0.3) is 10.9 Å². The van der Waals surface area contributed by atoms with Gasteiger partial charge in [-0.05, 0) is 24.6 Å². The van der Waals surface area contributed by atoms with Gasteiger partial charge in [0.2, 0.25) is 0 Å². The van der Waals surface area contributed by atoms with Crippen molar-refractivity contribution in [2.75, 3.05) is 18.5 Å². The summed E-state index contributed by atoms with van der Waals surface area (Å²) in [6.45, 7) is 4.60. The predicted molar refractivity (Wildman–Crippen MR) is 82.3 cm³/mol. The molecule has 20 heavy (non-hydrogen) atoms. The summed E-state index contributed by atoms with van der Waals surface area (Å²) in [5.41, 5.74) is 7.70. The normalized spacial score (nSPS) is 13.4. The maximum absolute atomic E-state index is 8.71. The molecule has 0 bridgehead atoms. The van der Waals surface area contributed by atoms with E-state index in [4.69, 9.17) is 15.9 Å². The Labute approximate surface area is 118 Å². The second kappa shape index (κ2) is 5.77. The molecule has 1 aromatic carbocycles. The highest BCUT2D eigenvalue weighted by molar-refractivity contribution is 5.83. The van der Waals surface area contributed by atoms with Crippen molar-refractivity contribution in [3.8, 4) is 0 Å². The fourth-order valence-electron chi connectivity index (χ4n) is 2.29. The van der Waals surface area contributed by atoms with Gasteiger partial charge in [0, 0.05) is 24.9 Å². The largest absolute Gasteiger partial charge is 0.409 e. The van der Waals surface area contributed by atoms with Gasteiger partial charge < -0.3 is 15.8 Å². The number of benzene rings is 1. The van der Waals surface area contributed by atoms with Crippen LogP contribution in [0.2, 0.25) is 0 Å². The van der Waals surface area contributed by atoms with Gasteiger partial charge in [-0.1, -0.05) is 30.3 Å². The molecule has 0 spiro atoms. The molecule has 2 rings (SSSR count). The van der Waals surface area contributed by atoms with Crippen LogP contribution >= 0.6 is 0 Å². The number of anilines is 1. The Balaban J connectivity index is 2.30. The third-order valence-corrected chi connectivity index (χ3v) is 3.42. The number of para-hydroxylation sites is 1. The summed E-state index contributed by atoms with van der Waals surface area (Å²) in [5, 5.41) is 12.9. The van der Waals surface area contributed by atoms with Crippen molar-refractivity contribution in [3.05, 3.63) is 35.9 Å². The van der Waals surface area contributed by atoms with Crippen LogP contribution in [-0.2, 0) is 0 Å². The molecule has 0 radical (unpaired) electrons. The smallest absolute Gasteiger partial charge is 0.143 e. The number of nitrogens with two attached hydrogens (primary N) is 1. The Morgan fingerprint density at radius 3 is 2.85 bits per heavy atom. The van der Waals surface area contributed by atoms with E-state index in [1.54, 1.807) is 0 Å². The van der Waals surface area contributed by atoms with Gasteiger partial charge in [0.15, 0.2) is 0 Å². The van der Waals surface area contributed by atoms with Crippen LogP contribution in [0.4, 0.5) is 5.82 Å². The molecule has 1 unspecified atom stereocenters. The number of hydrogen-bond donors (Lipinski definition) is 2. The Morgan fingerprint density at radius 2 is 2.15 bits per heavy atom. The summed E-state index contributed by atoms with van der Waals surface area (Å²) >= 11 is 0. The monoisotopic (exact) mass is 272 g/mol. The van der Waals surface area contributed by atoms with Crippen LogP contribution in [0.15, 0.2) is 35.5 Å². The van der Waals surface area contributed by atoms with Crippen molar-refractivity contribution < 1.29 is 5.21 Å². The van der Waals surface area contributed by atoms with Gasteiger partial charge in [0.1, 0.15) is 11.7 Å². The van der Waals surface area contributed by atoms with E-state index < -0.39 is 0 Å². The van der Waals surface area contributed by atoms with Crippen LogP contribution in [-0.4, -0.2) is 29.6 Å². The molecule has 5 nitrogen and oxygen atoms in total. The van der Waals surface area contributed by atoms with E-state index in [0.717, 1.165) is 22.3 Å². The summed E-state index contributed by atoms with van der Waals surface area (Å²) in [6, 6.07) is 10.2. The zero-order valence-electron chi connectivity index (χ0n) is 12.0. The van der Waals surface area contributed by atoms with Gasteiger partial charge in [-0.2, -0.15) is 0 Å². The lowest BCUT2D eigenvalue weighted by molar-refractivity contribution is 0.314. The molecule has 1 heterocycles. The summed E-state index contributed by atoms with van der Waals surface area (Å²) in [4.78, 5) is 6.73. The standard InChI is InChI=1S/C15H20N4O/c1-10-8-12-6-4-5-7-13(12)17-15(10)19(3)9-11(2)14(16)18-20/h4-8,11,20H,9H2,1-3H3,(H2,16,18). The topological polar surface area (TPSA) is 74.7 Å². The number of oxime groups is 1. The van der Waals surface area contributed by atoms with E-state index in [-0.39, 0.29) is 11.8 Å². The molecule has 106 valence electrons. The summed E-state index contributed by atoms with van der Waals surface area (Å²) < 4.78 is 0. The quantitative estimate of drug-likeness (QED) is 0.388. The first-order chi connectivity index (χ1) is 9.52. The average molecular weight is 272 g/mol. The number of nitrogens with zero attached hydrogens (tertiary/aromatic N) is 3. The molecular formula is C15H20N4O. The average Bonchev–Trinajstić information content (AvgIpc) is 2.45. The maximum Gasteiger partial charge on any atom is 0.143 e. The van der Waals surface area contributed by atoms with E-state index >= 15 is 0 Å². The molecule has 0 amide bonds. The van der Waals surface area contributed by atoms with E-state index in [1.165, 1.54) is 0 Å². The van der Waals surface area contributed by atoms with Crippen molar-refractivity contribution in [3.63, 3.8) is 0 Å². The van der Waals surface area contributed by atoms with E-state index in [9.17, 15) is 0 Å². The van der Waals surface area contributed by atoms with Gasteiger partial charge in [-0.3, -0.25) is 0 Å². The number of pyridine rings is 1. The van der Waals surface area contributed by atoms with Crippen molar-refractivity contribution in [2.45, 2.75) is 13.8 Å². The third-order valence-electron chi connectivity index (χ3n) is 3.42. The molecule has 0 saturated heterocycles. The number of fused-ring (bicyclic) bond motifs is 1. The molecule has 5 heteroatoms. The lowest BCUT2D eigenvalue weighted by atomic mass is 10.1. The van der Waals surface area contributed by atoms with E-state index in [2.05, 4.69) is 17.3 Å². The number of aryl methyl sites for hydroxylation is 1. The lowest BCUT2D eigenvalue weighted by Crippen LogP contribution is -2.33. The third kappa shape index (κ3) is 2.82. The van der Waals surface area contributed by atoms with Crippen molar-refractivity contribution in [1.29, 1.82) is 0 Å². The highest BCUT2D eigenvalue weighted by atomic mass is 16.4. The number of rotatable bonds is 4. The minimum Gasteiger partial charge on any atom is -0.409 e. The zero-order valence-corrected chi connectivity index (χ0v) is 12.0. The Morgan fingerprint density at radius 1 is 1.45 bits per heavy atom. The number of hydrogen-bond acceptors (Lipinski definition) is 4. The molecule has 0 saturated carbocycles. The molecule has 1 aromatic heterocycles. The van der Waals surface area contributed by atoms with Crippen LogP contribution in [0.1, 0.15) is 12.5 Å². The highest BCUT2D eigenvalue weighted by Crippen LogP contribution is 2.22. The lowest BCUT2D eigenvalue weighted by Gasteiger charge is -2.23. The van der Waals surface area contributed by atoms with Gasteiger partial charge in [-0.25, -0.2) is 4.98 Å². The van der Waals surface area contributed by atoms with Gasteiger partial charge in [0.25, 0.3) is 0 Å². The Hall–Kier alpha value is -2.30. The number of amidine groups is 1. The van der Waals surface area contributed by atoms with Gasteiger partial charge in [-0.15, -0.1) is 0 Å². The highest BCUT2D eigenvalue weighted by Gasteiger charge is 2.14. The molecule has 0 aliphatic carbocycles. The zero-order chi connectivity index (χ0) is 14.7. The first kappa shape index (κ1) is 14.1. The minimum atomic E-state index is -0.0438. The summed E-state index contributed by atoms with van der Waals surface area (Å²) in [5.74, 6) is 1.11. The Kier molecular flexibility index (Phi) is 4.08. The second-order valence-electron chi connectivity index (χ2n) is 5.13. The predicted octanol–water partition coefficient (Wildman–Crippen LogP) is 2.36. The van der Waals surface area contributed by atoms with Gasteiger partial charge >= 0.3 is 0 Å². The van der Waals surface area contributed by atoms with Crippen LogP contribution in [0, 0.1) is 12.8 Å². The summed E-state index contributed by atoms with van der Waals surface area (Å²) in [7, 11) is 1.96. The van der Waals surface area contributed by atoms with Crippen molar-refractivity contribution in [1.82, 2.24) is 4.98 Å². The second-order valence-corrected chi connectivity index (χ2v) is 5.13. The van der Waals surface area contributed by atoms with Crippen LogP contribution in [0.3, 0.4) is 0 Å². The Bertz CT molecular complexity index is 639. The first-order valence-electron chi connectivity index (χ1n) is 6.58. The minimum absolute atomic E-state index is 0.0438. The SMILES string of the molecule is Cc1cc2ccccc2nc1N(C)CC(C)C(N)=NO. The fourth-order valence-corrected chi connectivity index (χ4v) is 2.29. The molecular weight excluding hydrogens is 252 g/mol. The first-order valence-corrected chi connectivity index (χ1v) is 6.58. The van der Waals surface area contributed by atoms with Gasteiger partial charge in [0.05, 0.1) is 5.52 Å². The maximum atomic E-state index is 8.71. The molecule has 3 N–H and O–H groups in total. The van der Waals surface area contributed by atoms with Crippen LogP contribution in [0.5, 0.6) is 0 Å².